The lowest BCUT2D eigenvalue weighted by Gasteiger charge is -2.08. The number of ether oxygens (including phenoxy) is 2. The van der Waals surface area contributed by atoms with Gasteiger partial charge in [0.05, 0.1) is 12.8 Å². The summed E-state index contributed by atoms with van der Waals surface area (Å²) < 4.78 is 12.3. The van der Waals surface area contributed by atoms with E-state index in [4.69, 9.17) is 15.2 Å². The first-order valence-electron chi connectivity index (χ1n) is 5.70. The van der Waals surface area contributed by atoms with Crippen LogP contribution in [0.25, 0.3) is 11.1 Å². The molecule has 2 aromatic rings. The van der Waals surface area contributed by atoms with Gasteiger partial charge in [-0.15, -0.1) is 0 Å². The number of aryl methyl sites for hydroxylation is 1. The molecule has 0 spiro atoms. The molecule has 0 fully saturated rings. The highest BCUT2D eigenvalue weighted by molar-refractivity contribution is 5.68. The van der Waals surface area contributed by atoms with Crippen LogP contribution < -0.4 is 10.5 Å². The predicted octanol–water partition coefficient (Wildman–Crippen LogP) is 1.69. The van der Waals surface area contributed by atoms with E-state index in [0.717, 1.165) is 16.9 Å². The highest BCUT2D eigenvalue weighted by Crippen LogP contribution is 2.26. The normalized spacial score (nSPS) is 10.6. The van der Waals surface area contributed by atoms with Crippen LogP contribution in [0.15, 0.2) is 30.6 Å². The summed E-state index contributed by atoms with van der Waals surface area (Å²) in [7, 11) is 3.52. The standard InChI is InChI=1S/C13H17N3O2/c1-16-9-11(8-15-16)10-5-12(14)7-13(6-10)18-4-3-17-2/h5-9H,3-4,14H2,1-2H3. The van der Waals surface area contributed by atoms with E-state index in [0.29, 0.717) is 18.9 Å². The number of aromatic nitrogens is 2. The van der Waals surface area contributed by atoms with Gasteiger partial charge in [0.2, 0.25) is 0 Å². The number of rotatable bonds is 5. The molecule has 96 valence electrons. The van der Waals surface area contributed by atoms with Crippen LogP contribution >= 0.6 is 0 Å². The minimum atomic E-state index is 0.506. The topological polar surface area (TPSA) is 62.3 Å². The van der Waals surface area contributed by atoms with Gasteiger partial charge in [0.15, 0.2) is 0 Å². The SMILES string of the molecule is COCCOc1cc(N)cc(-c2cnn(C)c2)c1. The van der Waals surface area contributed by atoms with Crippen molar-refractivity contribution in [3.63, 3.8) is 0 Å². The molecular formula is C13H17N3O2. The van der Waals surface area contributed by atoms with Gasteiger partial charge in [0, 0.05) is 37.7 Å². The lowest BCUT2D eigenvalue weighted by Crippen LogP contribution is -2.04. The lowest BCUT2D eigenvalue weighted by atomic mass is 10.1. The number of anilines is 1. The molecule has 0 aliphatic carbocycles. The van der Waals surface area contributed by atoms with Crippen molar-refractivity contribution in [1.29, 1.82) is 0 Å². The first kappa shape index (κ1) is 12.4. The smallest absolute Gasteiger partial charge is 0.122 e. The molecule has 1 aromatic carbocycles. The average Bonchev–Trinajstić information content (AvgIpc) is 2.76. The minimum Gasteiger partial charge on any atom is -0.491 e. The molecule has 0 bridgehead atoms. The maximum Gasteiger partial charge on any atom is 0.122 e. The first-order chi connectivity index (χ1) is 8.69. The molecule has 0 aliphatic rings. The van der Waals surface area contributed by atoms with Gasteiger partial charge in [0.25, 0.3) is 0 Å². The van der Waals surface area contributed by atoms with Crippen molar-refractivity contribution in [3.8, 4) is 16.9 Å². The maximum atomic E-state index is 5.87. The second kappa shape index (κ2) is 5.55. The Morgan fingerprint density at radius 3 is 2.72 bits per heavy atom. The van der Waals surface area contributed by atoms with Gasteiger partial charge in [-0.3, -0.25) is 4.68 Å². The second-order valence-corrected chi connectivity index (χ2v) is 4.03. The van der Waals surface area contributed by atoms with Crippen LogP contribution in [0.3, 0.4) is 0 Å². The lowest BCUT2D eigenvalue weighted by molar-refractivity contribution is 0.146. The molecule has 1 aromatic heterocycles. The van der Waals surface area contributed by atoms with Crippen LogP contribution in [0.2, 0.25) is 0 Å². The van der Waals surface area contributed by atoms with Gasteiger partial charge >= 0.3 is 0 Å². The van der Waals surface area contributed by atoms with Crippen LogP contribution in [-0.4, -0.2) is 30.1 Å². The number of hydrogen-bond donors (Lipinski definition) is 1. The quantitative estimate of drug-likeness (QED) is 0.645. The summed E-state index contributed by atoms with van der Waals surface area (Å²) >= 11 is 0. The third-order valence-corrected chi connectivity index (χ3v) is 2.52. The molecule has 0 amide bonds. The number of nitrogens with two attached hydrogens (primary N) is 1. The third kappa shape index (κ3) is 3.01. The van der Waals surface area contributed by atoms with Gasteiger partial charge < -0.3 is 15.2 Å². The molecule has 0 unspecified atom stereocenters. The van der Waals surface area contributed by atoms with Crippen LogP contribution in [0.4, 0.5) is 5.69 Å². The third-order valence-electron chi connectivity index (χ3n) is 2.52. The number of methoxy groups -OCH3 is 1. The molecule has 2 N–H and O–H groups in total. The van der Waals surface area contributed by atoms with Gasteiger partial charge in [-0.05, 0) is 17.7 Å². The number of nitrogen functional groups attached to an aromatic ring is 1. The molecule has 0 atom stereocenters. The fraction of sp³-hybridized carbons (Fsp3) is 0.308. The Labute approximate surface area is 106 Å². The molecule has 1 heterocycles. The van der Waals surface area contributed by atoms with Crippen LogP contribution in [-0.2, 0) is 11.8 Å². The van der Waals surface area contributed by atoms with E-state index in [-0.39, 0.29) is 0 Å². The average molecular weight is 247 g/mol. The summed E-state index contributed by atoms with van der Waals surface area (Å²) in [6.45, 7) is 1.06. The van der Waals surface area contributed by atoms with Crippen molar-refractivity contribution < 1.29 is 9.47 Å². The summed E-state index contributed by atoms with van der Waals surface area (Å²) in [6, 6.07) is 5.65. The van der Waals surface area contributed by atoms with Crippen molar-refractivity contribution in [1.82, 2.24) is 9.78 Å². The minimum absolute atomic E-state index is 0.506. The van der Waals surface area contributed by atoms with E-state index in [1.165, 1.54) is 0 Å². The Hall–Kier alpha value is -2.01. The fourth-order valence-corrected chi connectivity index (χ4v) is 1.69. The Bertz CT molecular complexity index is 523. The van der Waals surface area contributed by atoms with E-state index in [1.54, 1.807) is 24.1 Å². The Kier molecular flexibility index (Phi) is 3.84. The molecule has 0 saturated heterocycles. The second-order valence-electron chi connectivity index (χ2n) is 4.03. The van der Waals surface area contributed by atoms with Crippen LogP contribution in [0, 0.1) is 0 Å². The zero-order valence-corrected chi connectivity index (χ0v) is 10.6. The van der Waals surface area contributed by atoms with E-state index >= 15 is 0 Å². The van der Waals surface area contributed by atoms with Crippen molar-refractivity contribution in [2.75, 3.05) is 26.1 Å². The highest BCUT2D eigenvalue weighted by Gasteiger charge is 2.04. The maximum absolute atomic E-state index is 5.87. The molecule has 2 rings (SSSR count). The molecule has 0 aliphatic heterocycles. The Morgan fingerprint density at radius 1 is 1.22 bits per heavy atom. The molecule has 5 heteroatoms. The molecule has 18 heavy (non-hydrogen) atoms. The van der Waals surface area contributed by atoms with Crippen LogP contribution in [0.5, 0.6) is 5.75 Å². The summed E-state index contributed by atoms with van der Waals surface area (Å²) in [5.74, 6) is 0.742. The van der Waals surface area contributed by atoms with Crippen molar-refractivity contribution in [3.05, 3.63) is 30.6 Å². The first-order valence-corrected chi connectivity index (χ1v) is 5.70. The summed E-state index contributed by atoms with van der Waals surface area (Å²) in [4.78, 5) is 0. The van der Waals surface area contributed by atoms with Gasteiger partial charge in [-0.1, -0.05) is 0 Å². The van der Waals surface area contributed by atoms with Gasteiger partial charge in [0.1, 0.15) is 12.4 Å². The van der Waals surface area contributed by atoms with E-state index in [1.807, 2.05) is 25.4 Å². The number of hydrogen-bond acceptors (Lipinski definition) is 4. The zero-order valence-electron chi connectivity index (χ0n) is 10.6. The Balaban J connectivity index is 2.21. The monoisotopic (exact) mass is 247 g/mol. The largest absolute Gasteiger partial charge is 0.491 e. The van der Waals surface area contributed by atoms with Gasteiger partial charge in [-0.25, -0.2) is 0 Å². The van der Waals surface area contributed by atoms with Crippen molar-refractivity contribution >= 4 is 5.69 Å². The molecule has 0 radical (unpaired) electrons. The molecule has 5 nitrogen and oxygen atoms in total. The highest BCUT2D eigenvalue weighted by atomic mass is 16.5. The fourth-order valence-electron chi connectivity index (χ4n) is 1.69. The van der Waals surface area contributed by atoms with Gasteiger partial charge in [-0.2, -0.15) is 5.10 Å². The predicted molar refractivity (Wildman–Crippen MR) is 70.4 cm³/mol. The van der Waals surface area contributed by atoms with Crippen molar-refractivity contribution in [2.24, 2.45) is 7.05 Å². The molecular weight excluding hydrogens is 230 g/mol. The Morgan fingerprint density at radius 2 is 2.06 bits per heavy atom. The summed E-state index contributed by atoms with van der Waals surface area (Å²) in [5, 5.41) is 4.14. The van der Waals surface area contributed by atoms with E-state index in [9.17, 15) is 0 Å². The number of benzene rings is 1. The summed E-state index contributed by atoms with van der Waals surface area (Å²) in [5.41, 5.74) is 8.55. The zero-order chi connectivity index (χ0) is 13.0. The number of nitrogens with zero attached hydrogens (tertiary/aromatic N) is 2. The van der Waals surface area contributed by atoms with Crippen molar-refractivity contribution in [2.45, 2.75) is 0 Å². The van der Waals surface area contributed by atoms with Crippen LogP contribution in [0.1, 0.15) is 0 Å². The van der Waals surface area contributed by atoms with E-state index < -0.39 is 0 Å². The summed E-state index contributed by atoms with van der Waals surface area (Å²) in [6.07, 6.45) is 3.74. The van der Waals surface area contributed by atoms with E-state index in [2.05, 4.69) is 5.10 Å². The molecule has 0 saturated carbocycles.